The van der Waals surface area contributed by atoms with Crippen LogP contribution in [0.3, 0.4) is 0 Å². The molecule has 0 radical (unpaired) electrons. The molecule has 0 bridgehead atoms. The van der Waals surface area contributed by atoms with Gasteiger partial charge in [-0.2, -0.15) is 0 Å². The summed E-state index contributed by atoms with van der Waals surface area (Å²) in [4.78, 5) is 12.2. The lowest BCUT2D eigenvalue weighted by molar-refractivity contribution is -0.113. The third-order valence-corrected chi connectivity index (χ3v) is 4.76. The summed E-state index contributed by atoms with van der Waals surface area (Å²) in [6.07, 6.45) is 0. The summed E-state index contributed by atoms with van der Waals surface area (Å²) in [5.41, 5.74) is 5.06. The van der Waals surface area contributed by atoms with Gasteiger partial charge in [-0.25, -0.2) is 4.68 Å². The lowest BCUT2D eigenvalue weighted by atomic mass is 10.1. The lowest BCUT2D eigenvalue weighted by Crippen LogP contribution is -2.16. The Kier molecular flexibility index (Phi) is 5.27. The topological polar surface area (TPSA) is 85.8 Å². The van der Waals surface area contributed by atoms with Crippen LogP contribution in [0.25, 0.3) is 11.4 Å². The van der Waals surface area contributed by atoms with Crippen molar-refractivity contribution in [2.45, 2.75) is 25.9 Å². The number of thioether (sulfide) groups is 1. The van der Waals surface area contributed by atoms with E-state index in [9.17, 15) is 4.79 Å². The van der Waals surface area contributed by atoms with Crippen LogP contribution in [0.1, 0.15) is 16.7 Å². The zero-order valence-electron chi connectivity index (χ0n) is 15.0. The van der Waals surface area contributed by atoms with E-state index in [1.165, 1.54) is 16.4 Å². The third-order valence-electron chi connectivity index (χ3n) is 3.81. The number of nitrogens with two attached hydrogens (primary N) is 1. The number of aromatic nitrogens is 3. The van der Waals surface area contributed by atoms with Gasteiger partial charge in [0.05, 0.1) is 5.75 Å². The summed E-state index contributed by atoms with van der Waals surface area (Å²) in [7, 11) is 0. The first kappa shape index (κ1) is 18.0. The largest absolute Gasteiger partial charge is 0.335 e. The van der Waals surface area contributed by atoms with Gasteiger partial charge in [-0.3, -0.25) is 4.79 Å². The van der Waals surface area contributed by atoms with Gasteiger partial charge in [0.2, 0.25) is 11.1 Å². The minimum Gasteiger partial charge on any atom is -0.335 e. The van der Waals surface area contributed by atoms with Crippen molar-refractivity contribution >= 4 is 23.4 Å². The highest BCUT2D eigenvalue weighted by atomic mass is 32.2. The van der Waals surface area contributed by atoms with Crippen molar-refractivity contribution in [1.82, 2.24) is 14.9 Å². The lowest BCUT2D eigenvalue weighted by Gasteiger charge is -2.07. The minimum atomic E-state index is -0.111. The first-order chi connectivity index (χ1) is 12.4. The minimum absolute atomic E-state index is 0.111. The summed E-state index contributed by atoms with van der Waals surface area (Å²) in [5.74, 6) is 6.76. The van der Waals surface area contributed by atoms with Crippen LogP contribution in [0.4, 0.5) is 5.69 Å². The molecule has 0 aliphatic rings. The first-order valence-corrected chi connectivity index (χ1v) is 9.19. The van der Waals surface area contributed by atoms with E-state index in [2.05, 4.69) is 21.6 Å². The van der Waals surface area contributed by atoms with Crippen molar-refractivity contribution in [3.63, 3.8) is 0 Å². The number of carbonyl (C=O) groups excluding carboxylic acids is 1. The number of benzene rings is 2. The fourth-order valence-corrected chi connectivity index (χ4v) is 3.31. The van der Waals surface area contributed by atoms with Gasteiger partial charge in [-0.05, 0) is 44.0 Å². The van der Waals surface area contributed by atoms with Crippen molar-refractivity contribution in [3.8, 4) is 11.4 Å². The highest BCUT2D eigenvalue weighted by Gasteiger charge is 2.14. The molecule has 0 spiro atoms. The monoisotopic (exact) mass is 367 g/mol. The molecule has 1 amide bonds. The molecule has 3 rings (SSSR count). The van der Waals surface area contributed by atoms with Gasteiger partial charge in [0.15, 0.2) is 5.82 Å². The Bertz CT molecular complexity index is 913. The highest BCUT2D eigenvalue weighted by molar-refractivity contribution is 7.99. The highest BCUT2D eigenvalue weighted by Crippen LogP contribution is 2.22. The normalized spacial score (nSPS) is 10.7. The molecule has 0 aliphatic heterocycles. The average molecular weight is 367 g/mol. The Hall–Kier alpha value is -2.80. The Morgan fingerprint density at radius 1 is 1.04 bits per heavy atom. The van der Waals surface area contributed by atoms with Gasteiger partial charge < -0.3 is 11.2 Å². The molecule has 6 nitrogen and oxygen atoms in total. The van der Waals surface area contributed by atoms with Crippen LogP contribution in [0, 0.1) is 20.8 Å². The van der Waals surface area contributed by atoms with E-state index in [1.54, 1.807) is 0 Å². The average Bonchev–Trinajstić information content (AvgIpc) is 2.93. The fourth-order valence-electron chi connectivity index (χ4n) is 2.65. The molecule has 0 saturated heterocycles. The Balaban J connectivity index is 1.64. The van der Waals surface area contributed by atoms with Gasteiger partial charge in [-0.1, -0.05) is 47.7 Å². The van der Waals surface area contributed by atoms with E-state index >= 15 is 0 Å². The maximum Gasteiger partial charge on any atom is 0.234 e. The SMILES string of the molecule is Cc1ccc(-c2nnc(SCC(=O)Nc3cc(C)cc(C)c3)n2N)cc1. The molecule has 0 fully saturated rings. The van der Waals surface area contributed by atoms with E-state index in [-0.39, 0.29) is 11.7 Å². The number of nitrogen functional groups attached to an aromatic ring is 1. The van der Waals surface area contributed by atoms with Gasteiger partial charge in [0.25, 0.3) is 0 Å². The second kappa shape index (κ2) is 7.61. The summed E-state index contributed by atoms with van der Waals surface area (Å²) in [5, 5.41) is 11.6. The van der Waals surface area contributed by atoms with Gasteiger partial charge in [0.1, 0.15) is 0 Å². The second-order valence-electron chi connectivity index (χ2n) is 6.26. The van der Waals surface area contributed by atoms with Crippen LogP contribution in [-0.2, 0) is 4.79 Å². The molecule has 0 atom stereocenters. The number of amides is 1. The van der Waals surface area contributed by atoms with Crippen LogP contribution >= 0.6 is 11.8 Å². The van der Waals surface area contributed by atoms with Crippen molar-refractivity contribution < 1.29 is 4.79 Å². The zero-order chi connectivity index (χ0) is 18.7. The zero-order valence-corrected chi connectivity index (χ0v) is 15.8. The van der Waals surface area contributed by atoms with Crippen molar-refractivity contribution in [3.05, 3.63) is 59.2 Å². The molecule has 26 heavy (non-hydrogen) atoms. The number of hydrogen-bond acceptors (Lipinski definition) is 5. The van der Waals surface area contributed by atoms with Gasteiger partial charge >= 0.3 is 0 Å². The number of nitrogens with zero attached hydrogens (tertiary/aromatic N) is 3. The Morgan fingerprint density at radius 2 is 1.69 bits per heavy atom. The third kappa shape index (κ3) is 4.23. The number of rotatable bonds is 5. The summed E-state index contributed by atoms with van der Waals surface area (Å²) in [6, 6.07) is 13.8. The first-order valence-electron chi connectivity index (χ1n) is 8.21. The second-order valence-corrected chi connectivity index (χ2v) is 7.20. The summed E-state index contributed by atoms with van der Waals surface area (Å²) < 4.78 is 1.42. The molecule has 0 saturated carbocycles. The standard InChI is InChI=1S/C19H21N5OS/c1-12-4-6-15(7-5-12)18-22-23-19(24(18)20)26-11-17(25)21-16-9-13(2)8-14(3)10-16/h4-10H,11,20H2,1-3H3,(H,21,25). The molecule has 1 heterocycles. The number of aryl methyl sites for hydroxylation is 3. The molecule has 134 valence electrons. The molecule has 0 unspecified atom stereocenters. The maximum atomic E-state index is 12.2. The van der Waals surface area contributed by atoms with Crippen molar-refractivity contribution in [2.24, 2.45) is 0 Å². The molecular weight excluding hydrogens is 346 g/mol. The number of anilines is 1. The smallest absolute Gasteiger partial charge is 0.234 e. The van der Waals surface area contributed by atoms with Crippen LogP contribution in [0.15, 0.2) is 47.6 Å². The molecule has 2 aromatic carbocycles. The Morgan fingerprint density at radius 3 is 2.35 bits per heavy atom. The van der Waals surface area contributed by atoms with E-state index in [1.807, 2.05) is 57.2 Å². The number of carbonyl (C=O) groups is 1. The predicted molar refractivity (Wildman–Crippen MR) is 106 cm³/mol. The molecule has 3 N–H and O–H groups in total. The molecule has 0 aliphatic carbocycles. The van der Waals surface area contributed by atoms with E-state index in [0.29, 0.717) is 11.0 Å². The van der Waals surface area contributed by atoms with E-state index in [4.69, 9.17) is 5.84 Å². The maximum absolute atomic E-state index is 12.2. The van der Waals surface area contributed by atoms with Crippen molar-refractivity contribution in [2.75, 3.05) is 16.9 Å². The Labute approximate surface area is 156 Å². The van der Waals surface area contributed by atoms with Crippen LogP contribution in [0.2, 0.25) is 0 Å². The van der Waals surface area contributed by atoms with Gasteiger partial charge in [-0.15, -0.1) is 10.2 Å². The predicted octanol–water partition coefficient (Wildman–Crippen LogP) is 3.31. The number of nitrogens with one attached hydrogen (secondary N) is 1. The number of hydrogen-bond donors (Lipinski definition) is 2. The van der Waals surface area contributed by atoms with Crippen molar-refractivity contribution in [1.29, 1.82) is 0 Å². The quantitative estimate of drug-likeness (QED) is 0.534. The summed E-state index contributed by atoms with van der Waals surface area (Å²) in [6.45, 7) is 6.02. The molecule has 1 aromatic heterocycles. The van der Waals surface area contributed by atoms with Crippen LogP contribution in [0.5, 0.6) is 0 Å². The fraction of sp³-hybridized carbons (Fsp3) is 0.211. The van der Waals surface area contributed by atoms with E-state index < -0.39 is 0 Å². The molecule has 3 aromatic rings. The van der Waals surface area contributed by atoms with E-state index in [0.717, 1.165) is 27.9 Å². The van der Waals surface area contributed by atoms with Crippen LogP contribution < -0.4 is 11.2 Å². The van der Waals surface area contributed by atoms with Crippen LogP contribution in [-0.4, -0.2) is 26.5 Å². The van der Waals surface area contributed by atoms with Gasteiger partial charge in [0, 0.05) is 11.3 Å². The molecule has 7 heteroatoms. The molecular formula is C19H21N5OS. The summed E-state index contributed by atoms with van der Waals surface area (Å²) >= 11 is 1.25.